The number of hydrogen-bond donors (Lipinski definition) is 1. The van der Waals surface area contributed by atoms with E-state index >= 15 is 0 Å². The highest BCUT2D eigenvalue weighted by Crippen LogP contribution is 2.36. The fraction of sp³-hybridized carbons (Fsp3) is 0.357. The Morgan fingerprint density at radius 1 is 1.29 bits per heavy atom. The summed E-state index contributed by atoms with van der Waals surface area (Å²) in [6.45, 7) is 0.231. The van der Waals surface area contributed by atoms with Gasteiger partial charge in [-0.15, -0.1) is 0 Å². The van der Waals surface area contributed by atoms with E-state index in [1.165, 1.54) is 0 Å². The normalized spacial score (nSPS) is 15.2. The zero-order valence-electron chi connectivity index (χ0n) is 11.0. The summed E-state index contributed by atoms with van der Waals surface area (Å²) in [5.41, 5.74) is -0.204. The molecular formula is C14H13F4N3. The van der Waals surface area contributed by atoms with Crippen molar-refractivity contribution in [1.82, 2.24) is 9.55 Å². The summed E-state index contributed by atoms with van der Waals surface area (Å²) in [4.78, 5) is 4.02. The van der Waals surface area contributed by atoms with E-state index in [1.54, 1.807) is 12.5 Å². The molecule has 1 saturated carbocycles. The lowest BCUT2D eigenvalue weighted by Crippen LogP contribution is -2.09. The number of alkyl halides is 3. The number of hydrogen-bond acceptors (Lipinski definition) is 2. The lowest BCUT2D eigenvalue weighted by atomic mass is 10.2. The molecular weight excluding hydrogens is 286 g/mol. The van der Waals surface area contributed by atoms with Crippen LogP contribution in [0.15, 0.2) is 30.7 Å². The molecule has 1 fully saturated rings. The van der Waals surface area contributed by atoms with E-state index in [-0.39, 0.29) is 12.2 Å². The van der Waals surface area contributed by atoms with Crippen molar-refractivity contribution in [3.8, 4) is 0 Å². The molecule has 0 aliphatic heterocycles. The minimum absolute atomic E-state index is 0.159. The monoisotopic (exact) mass is 299 g/mol. The minimum atomic E-state index is -4.49. The van der Waals surface area contributed by atoms with Crippen LogP contribution in [0.1, 0.15) is 30.1 Å². The topological polar surface area (TPSA) is 29.9 Å². The molecule has 3 nitrogen and oxygen atoms in total. The van der Waals surface area contributed by atoms with Gasteiger partial charge in [0.05, 0.1) is 29.8 Å². The fourth-order valence-corrected chi connectivity index (χ4v) is 2.17. The molecule has 0 atom stereocenters. The zero-order chi connectivity index (χ0) is 15.0. The van der Waals surface area contributed by atoms with Crippen molar-refractivity contribution in [2.75, 3.05) is 5.32 Å². The summed E-state index contributed by atoms with van der Waals surface area (Å²) >= 11 is 0. The van der Waals surface area contributed by atoms with E-state index in [9.17, 15) is 17.6 Å². The fourth-order valence-electron chi connectivity index (χ4n) is 2.17. The maximum absolute atomic E-state index is 13.6. The summed E-state index contributed by atoms with van der Waals surface area (Å²) in [6.07, 6.45) is 0.983. The lowest BCUT2D eigenvalue weighted by molar-refractivity contribution is -0.137. The van der Waals surface area contributed by atoms with Gasteiger partial charge >= 0.3 is 6.18 Å². The number of benzene rings is 1. The maximum Gasteiger partial charge on any atom is 0.416 e. The van der Waals surface area contributed by atoms with Crippen LogP contribution >= 0.6 is 0 Å². The van der Waals surface area contributed by atoms with Crippen molar-refractivity contribution in [3.63, 3.8) is 0 Å². The molecule has 7 heteroatoms. The van der Waals surface area contributed by atoms with Gasteiger partial charge in [-0.2, -0.15) is 13.2 Å². The predicted octanol–water partition coefficient (Wildman–Crippen LogP) is 3.99. The molecule has 2 aromatic rings. The molecule has 3 rings (SSSR count). The molecule has 0 amide bonds. The Labute approximate surface area is 118 Å². The molecule has 0 bridgehead atoms. The molecule has 1 aliphatic rings. The standard InChI is InChI=1S/C14H13F4N3/c15-12-4-1-9(14(16,17)18)5-13(12)20-7-11-6-19-8-21(11)10-2-3-10/h1,4-6,8,10,20H,2-3,7H2. The molecule has 0 unspecified atom stereocenters. The van der Waals surface area contributed by atoms with Crippen molar-refractivity contribution in [2.24, 2.45) is 0 Å². The Hall–Kier alpha value is -2.05. The van der Waals surface area contributed by atoms with Crippen molar-refractivity contribution in [2.45, 2.75) is 31.6 Å². The average Bonchev–Trinajstić information content (AvgIpc) is 3.16. The molecule has 112 valence electrons. The van der Waals surface area contributed by atoms with Crippen LogP contribution in [0.2, 0.25) is 0 Å². The van der Waals surface area contributed by atoms with E-state index in [4.69, 9.17) is 0 Å². The molecule has 1 aliphatic carbocycles. The molecule has 1 aromatic heterocycles. The van der Waals surface area contributed by atoms with Crippen LogP contribution in [0, 0.1) is 5.82 Å². The second-order valence-corrected chi connectivity index (χ2v) is 5.07. The SMILES string of the molecule is Fc1ccc(C(F)(F)F)cc1NCc1cncn1C1CC1. The Kier molecular flexibility index (Phi) is 3.35. The van der Waals surface area contributed by atoms with Crippen LogP contribution in [0.5, 0.6) is 0 Å². The van der Waals surface area contributed by atoms with Crippen LogP contribution in [0.3, 0.4) is 0 Å². The number of halogens is 4. The van der Waals surface area contributed by atoms with Crippen LogP contribution in [-0.2, 0) is 12.7 Å². The number of nitrogens with one attached hydrogen (secondary N) is 1. The Morgan fingerprint density at radius 3 is 2.71 bits per heavy atom. The minimum Gasteiger partial charge on any atom is -0.377 e. The van der Waals surface area contributed by atoms with E-state index in [0.717, 1.165) is 36.7 Å². The molecule has 0 spiro atoms. The highest BCUT2D eigenvalue weighted by molar-refractivity contribution is 5.48. The van der Waals surface area contributed by atoms with Crippen molar-refractivity contribution < 1.29 is 17.6 Å². The van der Waals surface area contributed by atoms with E-state index in [2.05, 4.69) is 10.3 Å². The summed E-state index contributed by atoms with van der Waals surface area (Å²) < 4.78 is 53.5. The van der Waals surface area contributed by atoms with E-state index in [1.807, 2.05) is 4.57 Å². The van der Waals surface area contributed by atoms with Gasteiger partial charge in [-0.3, -0.25) is 0 Å². The van der Waals surface area contributed by atoms with E-state index in [0.29, 0.717) is 6.04 Å². The van der Waals surface area contributed by atoms with Gasteiger partial charge in [0, 0.05) is 12.2 Å². The number of anilines is 1. The molecule has 0 radical (unpaired) electrons. The van der Waals surface area contributed by atoms with Gasteiger partial charge in [-0.05, 0) is 31.0 Å². The zero-order valence-corrected chi connectivity index (χ0v) is 11.0. The van der Waals surface area contributed by atoms with E-state index < -0.39 is 17.6 Å². The van der Waals surface area contributed by atoms with Crippen LogP contribution in [0.25, 0.3) is 0 Å². The van der Waals surface area contributed by atoms with Crippen LogP contribution in [-0.4, -0.2) is 9.55 Å². The van der Waals surface area contributed by atoms with Gasteiger partial charge in [0.2, 0.25) is 0 Å². The quantitative estimate of drug-likeness (QED) is 0.865. The second kappa shape index (κ2) is 5.05. The summed E-state index contributed by atoms with van der Waals surface area (Å²) in [5.74, 6) is -0.708. The molecule has 1 N–H and O–H groups in total. The van der Waals surface area contributed by atoms with Gasteiger partial charge in [0.15, 0.2) is 0 Å². The number of nitrogens with zero attached hydrogens (tertiary/aromatic N) is 2. The number of aromatic nitrogens is 2. The highest BCUT2D eigenvalue weighted by atomic mass is 19.4. The van der Waals surface area contributed by atoms with Crippen molar-refractivity contribution in [3.05, 3.63) is 47.8 Å². The first-order valence-corrected chi connectivity index (χ1v) is 6.56. The van der Waals surface area contributed by atoms with Crippen LogP contribution in [0.4, 0.5) is 23.2 Å². The Morgan fingerprint density at radius 2 is 2.05 bits per heavy atom. The lowest BCUT2D eigenvalue weighted by Gasteiger charge is -2.12. The third kappa shape index (κ3) is 3.01. The average molecular weight is 299 g/mol. The van der Waals surface area contributed by atoms with Gasteiger partial charge < -0.3 is 9.88 Å². The molecule has 0 saturated heterocycles. The predicted molar refractivity (Wildman–Crippen MR) is 69.2 cm³/mol. The third-order valence-electron chi connectivity index (χ3n) is 3.44. The largest absolute Gasteiger partial charge is 0.416 e. The Balaban J connectivity index is 1.76. The Bertz CT molecular complexity index is 644. The molecule has 21 heavy (non-hydrogen) atoms. The van der Waals surface area contributed by atoms with Gasteiger partial charge in [-0.1, -0.05) is 0 Å². The van der Waals surface area contributed by atoms with Crippen molar-refractivity contribution in [1.29, 1.82) is 0 Å². The highest BCUT2D eigenvalue weighted by Gasteiger charge is 2.31. The first-order valence-electron chi connectivity index (χ1n) is 6.56. The maximum atomic E-state index is 13.6. The summed E-state index contributed by atoms with van der Waals surface area (Å²) in [6, 6.07) is 2.75. The third-order valence-corrected chi connectivity index (χ3v) is 3.44. The molecule has 1 heterocycles. The summed E-state index contributed by atoms with van der Waals surface area (Å²) in [5, 5.41) is 2.72. The number of rotatable bonds is 4. The first kappa shape index (κ1) is 13.9. The number of imidazole rings is 1. The van der Waals surface area contributed by atoms with Gasteiger partial charge in [-0.25, -0.2) is 9.37 Å². The molecule has 1 aromatic carbocycles. The van der Waals surface area contributed by atoms with Gasteiger partial charge in [0.25, 0.3) is 0 Å². The second-order valence-electron chi connectivity index (χ2n) is 5.07. The van der Waals surface area contributed by atoms with Crippen molar-refractivity contribution >= 4 is 5.69 Å². The van der Waals surface area contributed by atoms with Gasteiger partial charge in [0.1, 0.15) is 5.82 Å². The first-order chi connectivity index (χ1) is 9.95. The smallest absolute Gasteiger partial charge is 0.377 e. The van der Waals surface area contributed by atoms with Crippen LogP contribution < -0.4 is 5.32 Å². The summed E-state index contributed by atoms with van der Waals surface area (Å²) in [7, 11) is 0.